The average Bonchev–Trinajstić information content (AvgIpc) is 3.44. The van der Waals surface area contributed by atoms with E-state index in [1.165, 1.54) is 0 Å². The molecule has 28 heteroatoms. The Bertz CT molecular complexity index is 2690. The van der Waals surface area contributed by atoms with Gasteiger partial charge in [-0.25, -0.2) is 0 Å². The third kappa shape index (κ3) is 10.2. The smallest absolute Gasteiger partial charge is 0.323 e. The van der Waals surface area contributed by atoms with E-state index in [1.807, 2.05) is 0 Å². The zero-order valence-corrected chi connectivity index (χ0v) is 43.0. The summed E-state index contributed by atoms with van der Waals surface area (Å²) in [5.74, 6) is -17.1. The molecule has 4 aliphatic heterocycles. The number of rotatable bonds is 20. The molecular weight excluding hydrogens is 1060 g/mol. The van der Waals surface area contributed by atoms with Crippen molar-refractivity contribution in [1.82, 2.24) is 0 Å². The largest absolute Gasteiger partial charge is 0.480 e. The Kier molecular flexibility index (Phi) is 14.8. The summed E-state index contributed by atoms with van der Waals surface area (Å²) < 4.78 is 51.3. The molecule has 4 aromatic carbocycles. The maximum Gasteiger partial charge on any atom is 0.323 e. The summed E-state index contributed by atoms with van der Waals surface area (Å²) >= 11 is 0. The van der Waals surface area contributed by atoms with Crippen molar-refractivity contribution in [2.45, 2.75) is 51.4 Å². The summed E-state index contributed by atoms with van der Waals surface area (Å²) in [6, 6.07) is 6.60. The van der Waals surface area contributed by atoms with Crippen LogP contribution < -0.4 is 57.5 Å². The number of ether oxygens (including phenoxy) is 8. The molecule has 1 aliphatic carbocycles. The molecule has 28 nitrogen and oxygen atoms in total. The zero-order chi connectivity index (χ0) is 57.8. The molecule has 0 saturated heterocycles. The van der Waals surface area contributed by atoms with E-state index in [-0.39, 0.29) is 113 Å². The Morgan fingerprint density at radius 2 is 0.425 bits per heavy atom. The third-order valence-electron chi connectivity index (χ3n) is 14.3. The molecule has 0 unspecified atom stereocenters. The number of aliphatic carboxylic acids is 8. The van der Waals surface area contributed by atoms with E-state index >= 15 is 0 Å². The highest BCUT2D eigenvalue weighted by Crippen LogP contribution is 2.61. The van der Waals surface area contributed by atoms with Gasteiger partial charge < -0.3 is 98.3 Å². The van der Waals surface area contributed by atoms with Gasteiger partial charge in [0.25, 0.3) is 0 Å². The maximum atomic E-state index is 12.7. The summed E-state index contributed by atoms with van der Waals surface area (Å²) in [5.41, 5.74) is 0.992. The van der Waals surface area contributed by atoms with Gasteiger partial charge in [-0.1, -0.05) is 27.7 Å². The molecule has 8 N–H and O–H groups in total. The number of carboxylic acids is 8. The van der Waals surface area contributed by atoms with Crippen molar-refractivity contribution >= 4 is 70.5 Å². The fraction of sp³-hybridized carbons (Fsp3) is 0.385. The lowest BCUT2D eigenvalue weighted by atomic mass is 9.79. The number of hydrogen-bond donors (Lipinski definition) is 8. The second-order valence-corrected chi connectivity index (χ2v) is 19.3. The number of carboxylic acid groups (broad SMARTS) is 8. The molecule has 424 valence electrons. The van der Waals surface area contributed by atoms with Crippen LogP contribution in [0, 0.1) is 0 Å². The van der Waals surface area contributed by atoms with Gasteiger partial charge in [0, 0.05) is 68.2 Å². The lowest BCUT2D eigenvalue weighted by Crippen LogP contribution is -2.37. The Labute approximate surface area is 451 Å². The van der Waals surface area contributed by atoms with Gasteiger partial charge in [0.05, 0.1) is 0 Å². The molecule has 0 amide bonds. The van der Waals surface area contributed by atoms with Crippen LogP contribution in [0.5, 0.6) is 46.0 Å². The van der Waals surface area contributed by atoms with Crippen LogP contribution >= 0.6 is 0 Å². The van der Waals surface area contributed by atoms with Crippen LogP contribution in [-0.4, -0.2) is 168 Å². The highest BCUT2D eigenvalue weighted by molar-refractivity contribution is 5.91. The minimum atomic E-state index is -1.47. The molecule has 4 aromatic rings. The fourth-order valence-corrected chi connectivity index (χ4v) is 11.1. The van der Waals surface area contributed by atoms with Gasteiger partial charge in [-0.15, -0.1) is 0 Å². The predicted octanol–water partition coefficient (Wildman–Crippen LogP) is 3.42. The van der Waals surface area contributed by atoms with E-state index in [0.717, 1.165) is 19.6 Å². The van der Waals surface area contributed by atoms with Crippen LogP contribution in [0.4, 0.5) is 22.7 Å². The van der Waals surface area contributed by atoms with E-state index < -0.39 is 151 Å². The van der Waals surface area contributed by atoms with Gasteiger partial charge in [0.1, 0.15) is 75.1 Å². The summed E-state index contributed by atoms with van der Waals surface area (Å²) in [5, 5.41) is 82.6. The summed E-state index contributed by atoms with van der Waals surface area (Å²) in [4.78, 5) is 106. The monoisotopic (exact) mass is 1120 g/mol. The Hall–Kier alpha value is -9.76. The maximum absolute atomic E-state index is 12.7. The lowest BCUT2D eigenvalue weighted by Gasteiger charge is -2.39. The van der Waals surface area contributed by atoms with E-state index in [2.05, 4.69) is 0 Å². The quantitative estimate of drug-likeness (QED) is 0.0628. The number of carbonyl (C=O) groups is 8. The topological polar surface area (TPSA) is 385 Å². The van der Waals surface area contributed by atoms with E-state index in [0.29, 0.717) is 0 Å². The van der Waals surface area contributed by atoms with Gasteiger partial charge in [0.2, 0.25) is 27.2 Å². The van der Waals surface area contributed by atoms with Crippen molar-refractivity contribution in [3.63, 3.8) is 0 Å². The molecule has 0 aromatic heterocycles. The summed E-state index contributed by atoms with van der Waals surface area (Å²) in [6.07, 6.45) is 0. The number of anilines is 4. The van der Waals surface area contributed by atoms with Crippen molar-refractivity contribution in [2.24, 2.45) is 0 Å². The van der Waals surface area contributed by atoms with Crippen LogP contribution in [0.1, 0.15) is 95.9 Å². The highest BCUT2D eigenvalue weighted by atomic mass is 16.7. The molecule has 0 spiro atoms. The van der Waals surface area contributed by atoms with Crippen molar-refractivity contribution in [3.8, 4) is 46.0 Å². The van der Waals surface area contributed by atoms with Crippen LogP contribution in [0.3, 0.4) is 0 Å². The number of nitrogens with zero attached hydrogens (tertiary/aromatic N) is 4. The Morgan fingerprint density at radius 3 is 0.537 bits per heavy atom. The molecule has 9 rings (SSSR count). The van der Waals surface area contributed by atoms with Gasteiger partial charge in [0.15, 0.2) is 46.0 Å². The van der Waals surface area contributed by atoms with Crippen molar-refractivity contribution in [1.29, 1.82) is 0 Å². The van der Waals surface area contributed by atoms with Crippen LogP contribution in [-0.2, 0) is 38.4 Å². The fourth-order valence-electron chi connectivity index (χ4n) is 11.1. The number of hydrogen-bond acceptors (Lipinski definition) is 20. The summed E-state index contributed by atoms with van der Waals surface area (Å²) in [6.45, 7) is -4.03. The number of benzene rings is 4. The van der Waals surface area contributed by atoms with Gasteiger partial charge in [-0.05, 0) is 24.3 Å². The van der Waals surface area contributed by atoms with Crippen LogP contribution in [0.25, 0.3) is 0 Å². The standard InChI is InChI=1S/C52H52N4O24/c1-21-25-5-27-22(2)29-7-31-24(4)32-8-30-23(3)28-6-26(21)46-42(54(11-35(61)62)12-36(63)64)48(28)76-19-78-50(30)44(56(15-39(69)70)16-40(71)72)52(32)80-20-79-51(31)43(55(13-37(65)66)14-38(67)68)49(29)77-18-75-47(27)41(45(25)73-17-74-46)53(9-33(57)58)10-34(59)60/h5-8,21-24H,9-20H2,1-4H3,(H,57,58)(H,59,60)(H,61,62)(H,63,64)(H,65,66)(H,67,68)(H,69,70)(H,71,72). The van der Waals surface area contributed by atoms with Crippen molar-refractivity contribution in [2.75, 3.05) is 99.1 Å². The van der Waals surface area contributed by atoms with Crippen LogP contribution in [0.2, 0.25) is 0 Å². The van der Waals surface area contributed by atoms with E-state index in [9.17, 15) is 79.2 Å². The summed E-state index contributed by atoms with van der Waals surface area (Å²) in [7, 11) is 0. The molecule has 5 aliphatic rings. The molecule has 0 atom stereocenters. The SMILES string of the molecule is CC1c2cc3c4c(N(CC(=O)O)CC(=O)O)c2OCOc2c1cc1c(c2N(CC(=O)O)CC(=O)O)OCOc2c(cc5c(c2N(CC(=O)O)CC(=O)O)OCOc2c(cc(c(c2N(CC(=O)O)CC(=O)O)OCO4)C3C)C5C)C1C. The molecule has 4 heterocycles. The molecular formula is C52H52N4O24. The first-order chi connectivity index (χ1) is 37.9. The molecule has 8 bridgehead atoms. The first kappa shape index (κ1) is 55.0. The molecule has 0 saturated carbocycles. The van der Waals surface area contributed by atoms with Gasteiger partial charge in [-0.2, -0.15) is 0 Å². The normalized spacial score (nSPS) is 17.6. The minimum absolute atomic E-state index is 0.142. The van der Waals surface area contributed by atoms with Crippen LogP contribution in [0.15, 0.2) is 24.3 Å². The molecule has 0 fully saturated rings. The lowest BCUT2D eigenvalue weighted by molar-refractivity contribution is -0.138. The van der Waals surface area contributed by atoms with E-state index in [4.69, 9.17) is 37.9 Å². The zero-order valence-electron chi connectivity index (χ0n) is 43.0. The van der Waals surface area contributed by atoms with E-state index in [1.54, 1.807) is 52.0 Å². The Morgan fingerprint density at radius 1 is 0.300 bits per heavy atom. The Balaban J connectivity index is 1.51. The van der Waals surface area contributed by atoms with Gasteiger partial charge >= 0.3 is 47.8 Å². The molecule has 0 radical (unpaired) electrons. The first-order valence-corrected chi connectivity index (χ1v) is 24.5. The third-order valence-corrected chi connectivity index (χ3v) is 14.3. The van der Waals surface area contributed by atoms with Gasteiger partial charge in [-0.3, -0.25) is 38.4 Å². The predicted molar refractivity (Wildman–Crippen MR) is 270 cm³/mol. The first-order valence-electron chi connectivity index (χ1n) is 24.5. The molecule has 80 heavy (non-hydrogen) atoms. The van der Waals surface area contributed by atoms with Crippen molar-refractivity contribution < 1.29 is 117 Å². The highest BCUT2D eigenvalue weighted by Gasteiger charge is 2.43. The second-order valence-electron chi connectivity index (χ2n) is 19.3. The minimum Gasteiger partial charge on any atom is -0.480 e. The average molecular weight is 1120 g/mol. The second kappa shape index (κ2) is 21.6. The van der Waals surface area contributed by atoms with Crippen molar-refractivity contribution in [3.05, 3.63) is 68.8 Å².